The van der Waals surface area contributed by atoms with Gasteiger partial charge in [0.05, 0.1) is 6.10 Å². The Balaban J connectivity index is 1.34. The average Bonchev–Trinajstić information content (AvgIpc) is 3.22. The number of fused-ring (bicyclic) bond motifs is 2. The summed E-state index contributed by atoms with van der Waals surface area (Å²) in [6, 6.07) is 6.16. The number of ether oxygens (including phenoxy) is 3. The van der Waals surface area contributed by atoms with Crippen molar-refractivity contribution in [3.63, 3.8) is 0 Å². The number of hydrogen-bond acceptors (Lipinski definition) is 4. The fourth-order valence-electron chi connectivity index (χ4n) is 6.35. The molecular formula is C28H42O5. The minimum Gasteiger partial charge on any atom is -0.482 e. The average molecular weight is 459 g/mol. The number of carbonyl (C=O) groups is 1. The van der Waals surface area contributed by atoms with Crippen molar-refractivity contribution in [3.05, 3.63) is 29.3 Å². The van der Waals surface area contributed by atoms with E-state index in [-0.39, 0.29) is 12.9 Å². The van der Waals surface area contributed by atoms with E-state index >= 15 is 0 Å². The van der Waals surface area contributed by atoms with Crippen LogP contribution in [0.15, 0.2) is 18.2 Å². The third kappa shape index (κ3) is 6.73. The molecule has 0 spiro atoms. The molecule has 5 unspecified atom stereocenters. The van der Waals surface area contributed by atoms with Crippen LogP contribution in [0.1, 0.15) is 88.7 Å². The molecule has 1 saturated heterocycles. The molecule has 0 aromatic heterocycles. The Morgan fingerprint density at radius 1 is 1.15 bits per heavy atom. The van der Waals surface area contributed by atoms with Gasteiger partial charge in [0.25, 0.3) is 0 Å². The first-order chi connectivity index (χ1) is 16.1. The molecule has 33 heavy (non-hydrogen) atoms. The first-order valence-electron chi connectivity index (χ1n) is 13.4. The van der Waals surface area contributed by atoms with Crippen LogP contribution in [0.2, 0.25) is 0 Å². The molecular weight excluding hydrogens is 416 g/mol. The molecule has 1 aromatic rings. The lowest BCUT2D eigenvalue weighted by Crippen LogP contribution is -2.29. The van der Waals surface area contributed by atoms with Crippen LogP contribution in [-0.2, 0) is 27.1 Å². The van der Waals surface area contributed by atoms with Gasteiger partial charge >= 0.3 is 5.97 Å². The summed E-state index contributed by atoms with van der Waals surface area (Å²) in [6.07, 6.45) is 15.8. The normalized spacial score (nSPS) is 27.5. The van der Waals surface area contributed by atoms with Gasteiger partial charge in [-0.05, 0) is 99.2 Å². The van der Waals surface area contributed by atoms with E-state index in [1.807, 2.05) is 12.1 Å². The van der Waals surface area contributed by atoms with Crippen LogP contribution in [0.4, 0.5) is 0 Å². The molecule has 0 amide bonds. The van der Waals surface area contributed by atoms with Gasteiger partial charge in [0.15, 0.2) is 12.9 Å². The Labute approximate surface area is 199 Å². The second kappa shape index (κ2) is 12.2. The van der Waals surface area contributed by atoms with Crippen molar-refractivity contribution in [3.8, 4) is 5.75 Å². The summed E-state index contributed by atoms with van der Waals surface area (Å²) >= 11 is 0. The predicted molar refractivity (Wildman–Crippen MR) is 129 cm³/mol. The van der Waals surface area contributed by atoms with E-state index in [9.17, 15) is 4.79 Å². The van der Waals surface area contributed by atoms with E-state index in [4.69, 9.17) is 19.3 Å². The second-order valence-corrected chi connectivity index (χ2v) is 10.4. The molecule has 2 aliphatic carbocycles. The van der Waals surface area contributed by atoms with Crippen LogP contribution in [0.5, 0.6) is 5.75 Å². The minimum atomic E-state index is -0.920. The molecule has 1 saturated carbocycles. The van der Waals surface area contributed by atoms with Gasteiger partial charge in [0.1, 0.15) is 5.75 Å². The quantitative estimate of drug-likeness (QED) is 0.380. The number of hydrogen-bond donors (Lipinski definition) is 1. The van der Waals surface area contributed by atoms with Crippen molar-refractivity contribution >= 4 is 5.97 Å². The zero-order chi connectivity index (χ0) is 23.0. The lowest BCUT2D eigenvalue weighted by atomic mass is 9.73. The lowest BCUT2D eigenvalue weighted by Gasteiger charge is -2.33. The summed E-state index contributed by atoms with van der Waals surface area (Å²) in [4.78, 5) is 11.0. The highest BCUT2D eigenvalue weighted by Crippen LogP contribution is 2.48. The summed E-state index contributed by atoms with van der Waals surface area (Å²) < 4.78 is 18.0. The van der Waals surface area contributed by atoms with Crippen LogP contribution in [0.25, 0.3) is 0 Å². The van der Waals surface area contributed by atoms with Gasteiger partial charge < -0.3 is 19.3 Å². The smallest absolute Gasteiger partial charge is 0.341 e. The maximum absolute atomic E-state index is 11.0. The third-order valence-electron chi connectivity index (χ3n) is 8.09. The van der Waals surface area contributed by atoms with Gasteiger partial charge in [-0.1, -0.05) is 38.3 Å². The van der Waals surface area contributed by atoms with E-state index in [0.29, 0.717) is 12.0 Å². The number of unbranched alkanes of at least 4 members (excludes halogenated alkanes) is 2. The van der Waals surface area contributed by atoms with Crippen LogP contribution in [-0.4, -0.2) is 36.7 Å². The highest BCUT2D eigenvalue weighted by molar-refractivity contribution is 5.68. The Hall–Kier alpha value is -1.59. The first-order valence-corrected chi connectivity index (χ1v) is 13.4. The molecule has 1 heterocycles. The molecule has 5 atom stereocenters. The number of aliphatic carboxylic acids is 1. The topological polar surface area (TPSA) is 65.0 Å². The highest BCUT2D eigenvalue weighted by atomic mass is 16.7. The number of benzene rings is 1. The van der Waals surface area contributed by atoms with Crippen molar-refractivity contribution in [2.75, 3.05) is 13.2 Å². The Morgan fingerprint density at radius 2 is 2.06 bits per heavy atom. The monoisotopic (exact) mass is 458 g/mol. The highest BCUT2D eigenvalue weighted by Gasteiger charge is 2.40. The Morgan fingerprint density at radius 3 is 2.85 bits per heavy atom. The summed E-state index contributed by atoms with van der Waals surface area (Å²) in [7, 11) is 0. The van der Waals surface area contributed by atoms with Crippen molar-refractivity contribution in [2.45, 2.75) is 103 Å². The van der Waals surface area contributed by atoms with Gasteiger partial charge in [-0.15, -0.1) is 0 Å². The molecule has 4 rings (SSSR count). The van der Waals surface area contributed by atoms with Crippen LogP contribution < -0.4 is 4.74 Å². The number of carboxylic acid groups (broad SMARTS) is 1. The molecule has 0 radical (unpaired) electrons. The lowest BCUT2D eigenvalue weighted by molar-refractivity contribution is -0.191. The largest absolute Gasteiger partial charge is 0.482 e. The van der Waals surface area contributed by atoms with E-state index in [0.717, 1.165) is 62.7 Å². The van der Waals surface area contributed by atoms with Crippen LogP contribution in [0.3, 0.4) is 0 Å². The fourth-order valence-corrected chi connectivity index (χ4v) is 6.35. The van der Waals surface area contributed by atoms with Gasteiger partial charge in [0, 0.05) is 6.61 Å². The molecule has 2 fully saturated rings. The minimum absolute atomic E-state index is 0.00693. The van der Waals surface area contributed by atoms with Crippen molar-refractivity contribution < 1.29 is 24.1 Å². The maximum Gasteiger partial charge on any atom is 0.341 e. The van der Waals surface area contributed by atoms with E-state index in [1.165, 1.54) is 56.1 Å². The van der Waals surface area contributed by atoms with Crippen LogP contribution >= 0.6 is 0 Å². The Bertz CT molecular complexity index is 757. The molecule has 0 bridgehead atoms. The Kier molecular flexibility index (Phi) is 9.08. The molecule has 1 N–H and O–H groups in total. The van der Waals surface area contributed by atoms with Crippen LogP contribution in [0, 0.1) is 17.8 Å². The molecule has 1 aromatic carbocycles. The van der Waals surface area contributed by atoms with Gasteiger partial charge in [0.2, 0.25) is 0 Å². The number of rotatable bonds is 12. The van der Waals surface area contributed by atoms with E-state index in [1.54, 1.807) is 0 Å². The standard InChI is InChI=1S/C28H42O5/c1-2-3-4-9-23(33-28-11-5-6-16-31-28)15-14-20-12-13-22-18-25-21(17-24(20)22)8-7-10-26(25)32-19-27(29)30/h7-8,10,20,22-24,28H,2-6,9,11-19H2,1H3,(H,29,30). The van der Waals surface area contributed by atoms with Gasteiger partial charge in [-0.3, -0.25) is 0 Å². The summed E-state index contributed by atoms with van der Waals surface area (Å²) in [5.74, 6) is 2.04. The number of carboxylic acids is 1. The van der Waals surface area contributed by atoms with Gasteiger partial charge in [-0.2, -0.15) is 0 Å². The van der Waals surface area contributed by atoms with Gasteiger partial charge in [-0.25, -0.2) is 4.79 Å². The summed E-state index contributed by atoms with van der Waals surface area (Å²) in [5.41, 5.74) is 2.60. The van der Waals surface area contributed by atoms with Crippen molar-refractivity contribution in [1.29, 1.82) is 0 Å². The van der Waals surface area contributed by atoms with E-state index < -0.39 is 5.97 Å². The predicted octanol–water partition coefficient (Wildman–Crippen LogP) is 6.16. The molecule has 1 aliphatic heterocycles. The SMILES string of the molecule is CCCCCC(CCC1CCC2Cc3c(cccc3OCC(=O)O)CC12)OC1CCCCO1. The first kappa shape index (κ1) is 24.5. The zero-order valence-electron chi connectivity index (χ0n) is 20.3. The third-order valence-corrected chi connectivity index (χ3v) is 8.09. The summed E-state index contributed by atoms with van der Waals surface area (Å²) in [6.45, 7) is 2.84. The summed E-state index contributed by atoms with van der Waals surface area (Å²) in [5, 5.41) is 9.00. The molecule has 3 aliphatic rings. The fraction of sp³-hybridized carbons (Fsp3) is 0.750. The van der Waals surface area contributed by atoms with Crippen molar-refractivity contribution in [1.82, 2.24) is 0 Å². The maximum atomic E-state index is 11.0. The second-order valence-electron chi connectivity index (χ2n) is 10.4. The van der Waals surface area contributed by atoms with Crippen molar-refractivity contribution in [2.24, 2.45) is 17.8 Å². The zero-order valence-corrected chi connectivity index (χ0v) is 20.3. The molecule has 5 nitrogen and oxygen atoms in total. The molecule has 5 heteroatoms. The van der Waals surface area contributed by atoms with E-state index in [2.05, 4.69) is 13.0 Å². The molecule has 184 valence electrons.